The van der Waals surface area contributed by atoms with Gasteiger partial charge in [-0.3, -0.25) is 4.79 Å². The predicted molar refractivity (Wildman–Crippen MR) is 59.1 cm³/mol. The third-order valence-corrected chi connectivity index (χ3v) is 2.70. The zero-order valence-electron chi connectivity index (χ0n) is 9.45. The Balaban J connectivity index is 2.41. The van der Waals surface area contributed by atoms with Gasteiger partial charge in [0.1, 0.15) is 0 Å². The average molecular weight is 207 g/mol. The van der Waals surface area contributed by atoms with Crippen molar-refractivity contribution in [1.29, 1.82) is 0 Å². The van der Waals surface area contributed by atoms with Gasteiger partial charge in [-0.2, -0.15) is 5.10 Å². The van der Waals surface area contributed by atoms with Gasteiger partial charge in [0.15, 0.2) is 0 Å². The van der Waals surface area contributed by atoms with Crippen molar-refractivity contribution in [1.82, 2.24) is 15.1 Å². The summed E-state index contributed by atoms with van der Waals surface area (Å²) in [4.78, 5) is 11.6. The summed E-state index contributed by atoms with van der Waals surface area (Å²) < 4.78 is 1.61. The molecule has 0 radical (unpaired) electrons. The van der Waals surface area contributed by atoms with Crippen LogP contribution in [0.3, 0.4) is 0 Å². The largest absolute Gasteiger partial charge is 0.312 e. The van der Waals surface area contributed by atoms with Crippen LogP contribution in [0.5, 0.6) is 0 Å². The molecular weight excluding hydrogens is 190 g/mol. The lowest BCUT2D eigenvalue weighted by molar-refractivity contribution is 0.300. The maximum Gasteiger partial charge on any atom is 0.267 e. The molecule has 4 heteroatoms. The molecule has 2 rings (SSSR count). The van der Waals surface area contributed by atoms with E-state index in [4.69, 9.17) is 0 Å². The van der Waals surface area contributed by atoms with Gasteiger partial charge in [0.2, 0.25) is 0 Å². The number of hydrogen-bond donors (Lipinski definition) is 1. The number of nitrogens with zero attached hydrogens (tertiary/aromatic N) is 2. The van der Waals surface area contributed by atoms with Gasteiger partial charge in [0, 0.05) is 24.6 Å². The van der Waals surface area contributed by atoms with Crippen molar-refractivity contribution in [2.75, 3.05) is 13.1 Å². The minimum absolute atomic E-state index is 0.00509. The fourth-order valence-corrected chi connectivity index (χ4v) is 1.53. The van der Waals surface area contributed by atoms with Crippen LogP contribution in [0.15, 0.2) is 16.9 Å². The van der Waals surface area contributed by atoms with Crippen molar-refractivity contribution < 1.29 is 0 Å². The topological polar surface area (TPSA) is 46.9 Å². The summed E-state index contributed by atoms with van der Waals surface area (Å²) in [5.41, 5.74) is 0.954. The summed E-state index contributed by atoms with van der Waals surface area (Å²) in [6, 6.07) is 3.68. The molecule has 1 aromatic heterocycles. The highest BCUT2D eigenvalue weighted by atomic mass is 16.1. The van der Waals surface area contributed by atoms with Crippen molar-refractivity contribution in [3.8, 4) is 0 Å². The molecule has 15 heavy (non-hydrogen) atoms. The maximum absolute atomic E-state index is 11.6. The van der Waals surface area contributed by atoms with E-state index in [-0.39, 0.29) is 17.0 Å². The minimum Gasteiger partial charge on any atom is -0.312 e. The van der Waals surface area contributed by atoms with Crippen LogP contribution in [0, 0.1) is 0 Å². The Labute approximate surface area is 89.3 Å². The fraction of sp³-hybridized carbons (Fsp3) is 0.636. The lowest BCUT2D eigenvalue weighted by Gasteiger charge is -2.29. The standard InChI is InChI=1S/C11H17N3O/c1-11(2,3)9-4-5-10(15)14(13-9)8-6-12-7-8/h4-5,8,12H,6-7H2,1-3H3. The molecular formula is C11H17N3O. The second-order valence-electron chi connectivity index (χ2n) is 5.06. The Kier molecular flexibility index (Phi) is 2.38. The van der Waals surface area contributed by atoms with Gasteiger partial charge in [0.25, 0.3) is 5.56 Å². The molecule has 0 bridgehead atoms. The van der Waals surface area contributed by atoms with Crippen molar-refractivity contribution in [2.24, 2.45) is 0 Å². The van der Waals surface area contributed by atoms with Crippen molar-refractivity contribution in [3.63, 3.8) is 0 Å². The highest BCUT2D eigenvalue weighted by Gasteiger charge is 2.23. The van der Waals surface area contributed by atoms with Gasteiger partial charge < -0.3 is 5.32 Å². The summed E-state index contributed by atoms with van der Waals surface area (Å²) >= 11 is 0. The van der Waals surface area contributed by atoms with Crippen molar-refractivity contribution in [3.05, 3.63) is 28.2 Å². The molecule has 0 unspecified atom stereocenters. The molecule has 1 aromatic rings. The van der Waals surface area contributed by atoms with Crippen LogP contribution >= 0.6 is 0 Å². The van der Waals surface area contributed by atoms with Crippen LogP contribution in [0.4, 0.5) is 0 Å². The average Bonchev–Trinajstić information content (AvgIpc) is 2.03. The Morgan fingerprint density at radius 3 is 2.53 bits per heavy atom. The van der Waals surface area contributed by atoms with E-state index < -0.39 is 0 Å². The molecule has 0 aliphatic carbocycles. The van der Waals surface area contributed by atoms with E-state index in [1.807, 2.05) is 6.07 Å². The van der Waals surface area contributed by atoms with E-state index >= 15 is 0 Å². The summed E-state index contributed by atoms with van der Waals surface area (Å²) in [7, 11) is 0. The molecule has 4 nitrogen and oxygen atoms in total. The first-order valence-corrected chi connectivity index (χ1v) is 5.29. The van der Waals surface area contributed by atoms with E-state index in [1.165, 1.54) is 0 Å². The smallest absolute Gasteiger partial charge is 0.267 e. The SMILES string of the molecule is CC(C)(C)c1ccc(=O)n(C2CNC2)n1. The quantitative estimate of drug-likeness (QED) is 0.737. The number of aromatic nitrogens is 2. The van der Waals surface area contributed by atoms with Gasteiger partial charge in [-0.15, -0.1) is 0 Å². The Morgan fingerprint density at radius 1 is 1.40 bits per heavy atom. The zero-order valence-corrected chi connectivity index (χ0v) is 9.45. The normalized spacial score (nSPS) is 17.5. The van der Waals surface area contributed by atoms with Crippen LogP contribution in [0.25, 0.3) is 0 Å². The first-order chi connectivity index (χ1) is 6.98. The van der Waals surface area contributed by atoms with Crippen LogP contribution in [0.1, 0.15) is 32.5 Å². The van der Waals surface area contributed by atoms with Gasteiger partial charge in [-0.05, 0) is 6.07 Å². The molecule has 0 saturated carbocycles. The molecule has 1 saturated heterocycles. The Bertz CT molecular complexity index is 413. The van der Waals surface area contributed by atoms with E-state index in [1.54, 1.807) is 10.7 Å². The van der Waals surface area contributed by atoms with Crippen LogP contribution in [-0.4, -0.2) is 22.9 Å². The second kappa shape index (κ2) is 3.45. The molecule has 0 amide bonds. The van der Waals surface area contributed by atoms with Crippen molar-refractivity contribution >= 4 is 0 Å². The molecule has 0 aromatic carbocycles. The first kappa shape index (κ1) is 10.4. The predicted octanol–water partition coefficient (Wildman–Crippen LogP) is 0.685. The van der Waals surface area contributed by atoms with Crippen molar-refractivity contribution in [2.45, 2.75) is 32.2 Å². The summed E-state index contributed by atoms with van der Waals surface area (Å²) in [5.74, 6) is 0. The van der Waals surface area contributed by atoms with Gasteiger partial charge >= 0.3 is 0 Å². The number of nitrogens with one attached hydrogen (secondary N) is 1. The summed E-state index contributed by atoms with van der Waals surface area (Å²) in [6.07, 6.45) is 0. The third-order valence-electron chi connectivity index (χ3n) is 2.70. The number of hydrogen-bond acceptors (Lipinski definition) is 3. The molecule has 0 atom stereocenters. The second-order valence-corrected chi connectivity index (χ2v) is 5.06. The monoisotopic (exact) mass is 207 g/mol. The van der Waals surface area contributed by atoms with Crippen LogP contribution < -0.4 is 10.9 Å². The molecule has 1 aliphatic rings. The maximum atomic E-state index is 11.6. The van der Waals surface area contributed by atoms with Gasteiger partial charge in [0.05, 0.1) is 11.7 Å². The van der Waals surface area contributed by atoms with Crippen LogP contribution in [-0.2, 0) is 5.41 Å². The first-order valence-electron chi connectivity index (χ1n) is 5.29. The fourth-order valence-electron chi connectivity index (χ4n) is 1.53. The van der Waals surface area contributed by atoms with Crippen LogP contribution in [0.2, 0.25) is 0 Å². The lowest BCUT2D eigenvalue weighted by atomic mass is 9.92. The molecule has 2 heterocycles. The molecule has 1 fully saturated rings. The molecule has 0 spiro atoms. The van der Waals surface area contributed by atoms with E-state index in [2.05, 4.69) is 31.2 Å². The highest BCUT2D eigenvalue weighted by Crippen LogP contribution is 2.19. The number of rotatable bonds is 1. The Hall–Kier alpha value is -1.16. The Morgan fingerprint density at radius 2 is 2.07 bits per heavy atom. The molecule has 82 valence electrons. The van der Waals surface area contributed by atoms with E-state index in [9.17, 15) is 4.79 Å². The summed E-state index contributed by atoms with van der Waals surface area (Å²) in [5, 5.41) is 7.58. The van der Waals surface area contributed by atoms with Gasteiger partial charge in [-0.25, -0.2) is 4.68 Å². The molecule has 1 N–H and O–H groups in total. The van der Waals surface area contributed by atoms with E-state index in [0.717, 1.165) is 18.8 Å². The highest BCUT2D eigenvalue weighted by molar-refractivity contribution is 5.11. The lowest BCUT2D eigenvalue weighted by Crippen LogP contribution is -2.48. The zero-order chi connectivity index (χ0) is 11.1. The van der Waals surface area contributed by atoms with E-state index in [0.29, 0.717) is 0 Å². The van der Waals surface area contributed by atoms with Gasteiger partial charge in [-0.1, -0.05) is 20.8 Å². The third kappa shape index (κ3) is 1.95. The summed E-state index contributed by atoms with van der Waals surface area (Å²) in [6.45, 7) is 8.00. The molecule has 1 aliphatic heterocycles. The minimum atomic E-state index is -0.00732.